The highest BCUT2D eigenvalue weighted by Crippen LogP contribution is 2.19. The van der Waals surface area contributed by atoms with E-state index in [1.54, 1.807) is 17.0 Å². The van der Waals surface area contributed by atoms with Crippen LogP contribution in [0.4, 0.5) is 0 Å². The second-order valence-corrected chi connectivity index (χ2v) is 5.87. The Hall–Kier alpha value is -3.60. The summed E-state index contributed by atoms with van der Waals surface area (Å²) in [6.07, 6.45) is 6.79. The molecule has 5 heteroatoms. The first-order chi connectivity index (χ1) is 12.8. The molecule has 0 spiro atoms. The van der Waals surface area contributed by atoms with Gasteiger partial charge in [-0.15, -0.1) is 0 Å². The number of hydrogen-bond donors (Lipinski definition) is 1. The fourth-order valence-electron chi connectivity index (χ4n) is 2.66. The summed E-state index contributed by atoms with van der Waals surface area (Å²) < 4.78 is 7.44. The second-order valence-electron chi connectivity index (χ2n) is 5.87. The summed E-state index contributed by atoms with van der Waals surface area (Å²) in [7, 11) is 0. The van der Waals surface area contributed by atoms with Gasteiger partial charge in [0.2, 0.25) is 5.91 Å². The zero-order chi connectivity index (χ0) is 17.8. The largest absolute Gasteiger partial charge is 0.457 e. The van der Waals surface area contributed by atoms with Crippen molar-refractivity contribution in [1.82, 2.24) is 15.1 Å². The van der Waals surface area contributed by atoms with Gasteiger partial charge in [-0.25, -0.2) is 4.68 Å². The van der Waals surface area contributed by atoms with E-state index in [2.05, 4.69) is 10.4 Å². The molecule has 2 aromatic carbocycles. The van der Waals surface area contributed by atoms with Gasteiger partial charge >= 0.3 is 0 Å². The molecule has 128 valence electrons. The van der Waals surface area contributed by atoms with Crippen LogP contribution in [0.2, 0.25) is 0 Å². The number of furan rings is 1. The molecule has 26 heavy (non-hydrogen) atoms. The second kappa shape index (κ2) is 7.11. The molecular formula is C21H17N3O2. The van der Waals surface area contributed by atoms with Gasteiger partial charge in [-0.1, -0.05) is 36.4 Å². The third kappa shape index (κ3) is 3.57. The van der Waals surface area contributed by atoms with Crippen LogP contribution in [0.15, 0.2) is 83.6 Å². The Labute approximate surface area is 150 Å². The number of hydrogen-bond acceptors (Lipinski definition) is 3. The Balaban J connectivity index is 1.36. The third-order valence-electron chi connectivity index (χ3n) is 3.97. The Morgan fingerprint density at radius 3 is 2.77 bits per heavy atom. The van der Waals surface area contributed by atoms with Gasteiger partial charge in [0.1, 0.15) is 11.3 Å². The number of benzene rings is 2. The predicted molar refractivity (Wildman–Crippen MR) is 101 cm³/mol. The number of nitrogens with one attached hydrogen (secondary N) is 1. The lowest BCUT2D eigenvalue weighted by Crippen LogP contribution is -2.19. The van der Waals surface area contributed by atoms with Crippen LogP contribution in [-0.2, 0) is 11.3 Å². The van der Waals surface area contributed by atoms with Crippen molar-refractivity contribution in [2.45, 2.75) is 6.54 Å². The molecule has 1 amide bonds. The summed E-state index contributed by atoms with van der Waals surface area (Å²) in [4.78, 5) is 12.0. The van der Waals surface area contributed by atoms with Crippen molar-refractivity contribution in [2.75, 3.05) is 0 Å². The van der Waals surface area contributed by atoms with Crippen molar-refractivity contribution in [3.05, 3.63) is 90.5 Å². The molecule has 2 aromatic heterocycles. The van der Waals surface area contributed by atoms with Crippen molar-refractivity contribution in [3.63, 3.8) is 0 Å². The van der Waals surface area contributed by atoms with Crippen LogP contribution in [0, 0.1) is 0 Å². The molecule has 0 fully saturated rings. The topological polar surface area (TPSA) is 60.1 Å². The van der Waals surface area contributed by atoms with Gasteiger partial charge in [0, 0.05) is 29.8 Å². The van der Waals surface area contributed by atoms with E-state index in [0.717, 1.165) is 22.2 Å². The average molecular weight is 343 g/mol. The van der Waals surface area contributed by atoms with Gasteiger partial charge in [0.25, 0.3) is 0 Å². The van der Waals surface area contributed by atoms with E-state index in [1.165, 1.54) is 6.08 Å². The number of para-hydroxylation sites is 2. The molecule has 4 aromatic rings. The number of rotatable bonds is 5. The molecule has 0 aliphatic rings. The third-order valence-corrected chi connectivity index (χ3v) is 3.97. The maximum absolute atomic E-state index is 12.0. The zero-order valence-electron chi connectivity index (χ0n) is 14.0. The zero-order valence-corrected chi connectivity index (χ0v) is 14.0. The van der Waals surface area contributed by atoms with Crippen LogP contribution in [0.3, 0.4) is 0 Å². The Bertz CT molecular complexity index is 1030. The first kappa shape index (κ1) is 15.9. The molecule has 0 bridgehead atoms. The first-order valence-corrected chi connectivity index (χ1v) is 8.31. The molecule has 0 radical (unpaired) electrons. The van der Waals surface area contributed by atoms with E-state index in [-0.39, 0.29) is 5.91 Å². The van der Waals surface area contributed by atoms with Crippen LogP contribution < -0.4 is 5.32 Å². The number of aromatic nitrogens is 2. The van der Waals surface area contributed by atoms with Crippen molar-refractivity contribution >= 4 is 23.0 Å². The number of amides is 1. The lowest BCUT2D eigenvalue weighted by atomic mass is 10.2. The SMILES string of the molecule is O=C(/C=C/c1cc2ccccc2o1)NCc1cnn(-c2ccccc2)c1. The summed E-state index contributed by atoms with van der Waals surface area (Å²) in [6, 6.07) is 19.5. The predicted octanol–water partition coefficient (Wildman–Crippen LogP) is 3.95. The average Bonchev–Trinajstić information content (AvgIpc) is 3.32. The summed E-state index contributed by atoms with van der Waals surface area (Å²) in [5.74, 6) is 0.469. The van der Waals surface area contributed by atoms with E-state index in [1.807, 2.05) is 66.9 Å². The maximum Gasteiger partial charge on any atom is 0.244 e. The fourth-order valence-corrected chi connectivity index (χ4v) is 2.66. The van der Waals surface area contributed by atoms with Crippen molar-refractivity contribution in [1.29, 1.82) is 0 Å². The quantitative estimate of drug-likeness (QED) is 0.558. The highest BCUT2D eigenvalue weighted by atomic mass is 16.3. The first-order valence-electron chi connectivity index (χ1n) is 8.31. The summed E-state index contributed by atoms with van der Waals surface area (Å²) in [5, 5.41) is 8.18. The lowest BCUT2D eigenvalue weighted by Gasteiger charge is -2.00. The molecule has 0 atom stereocenters. The molecule has 0 saturated heterocycles. The number of carbonyl (C=O) groups excluding carboxylic acids is 1. The molecule has 5 nitrogen and oxygen atoms in total. The van der Waals surface area contributed by atoms with E-state index in [0.29, 0.717) is 12.3 Å². The Kier molecular flexibility index (Phi) is 4.35. The van der Waals surface area contributed by atoms with Gasteiger partial charge in [-0.05, 0) is 30.3 Å². The summed E-state index contributed by atoms with van der Waals surface area (Å²) >= 11 is 0. The molecular weight excluding hydrogens is 326 g/mol. The van der Waals surface area contributed by atoms with Crippen LogP contribution in [0.5, 0.6) is 0 Å². The van der Waals surface area contributed by atoms with Gasteiger partial charge in [-0.2, -0.15) is 5.10 Å². The normalized spacial score (nSPS) is 11.2. The molecule has 0 aliphatic heterocycles. The van der Waals surface area contributed by atoms with Crippen molar-refractivity contribution in [2.24, 2.45) is 0 Å². The monoisotopic (exact) mass is 343 g/mol. The van der Waals surface area contributed by atoms with E-state index < -0.39 is 0 Å². The Morgan fingerprint density at radius 2 is 1.92 bits per heavy atom. The number of nitrogens with zero attached hydrogens (tertiary/aromatic N) is 2. The molecule has 0 aliphatic carbocycles. The Morgan fingerprint density at radius 1 is 1.12 bits per heavy atom. The minimum absolute atomic E-state index is 0.182. The summed E-state index contributed by atoms with van der Waals surface area (Å²) in [6.45, 7) is 0.413. The minimum atomic E-state index is -0.182. The smallest absolute Gasteiger partial charge is 0.244 e. The maximum atomic E-state index is 12.0. The molecule has 0 unspecified atom stereocenters. The van der Waals surface area contributed by atoms with E-state index in [4.69, 9.17) is 4.42 Å². The van der Waals surface area contributed by atoms with Crippen molar-refractivity contribution in [3.8, 4) is 5.69 Å². The van der Waals surface area contributed by atoms with E-state index in [9.17, 15) is 4.79 Å². The molecule has 4 rings (SSSR count). The van der Waals surface area contributed by atoms with Crippen LogP contribution >= 0.6 is 0 Å². The summed E-state index contributed by atoms with van der Waals surface area (Å²) in [5.41, 5.74) is 2.72. The van der Waals surface area contributed by atoms with Gasteiger partial charge in [0.05, 0.1) is 11.9 Å². The van der Waals surface area contributed by atoms with Gasteiger partial charge < -0.3 is 9.73 Å². The number of carbonyl (C=O) groups is 1. The standard InChI is InChI=1S/C21H17N3O2/c25-21(11-10-19-12-17-6-4-5-9-20(17)26-19)22-13-16-14-23-24(15-16)18-7-2-1-3-8-18/h1-12,14-15H,13H2,(H,22,25)/b11-10+. The minimum Gasteiger partial charge on any atom is -0.457 e. The molecule has 2 heterocycles. The van der Waals surface area contributed by atoms with Crippen molar-refractivity contribution < 1.29 is 9.21 Å². The fraction of sp³-hybridized carbons (Fsp3) is 0.0476. The molecule has 0 saturated carbocycles. The van der Waals surface area contributed by atoms with Crippen LogP contribution in [-0.4, -0.2) is 15.7 Å². The van der Waals surface area contributed by atoms with Gasteiger partial charge in [0.15, 0.2) is 0 Å². The lowest BCUT2D eigenvalue weighted by molar-refractivity contribution is -0.116. The highest BCUT2D eigenvalue weighted by Gasteiger charge is 2.03. The van der Waals surface area contributed by atoms with Gasteiger partial charge in [-0.3, -0.25) is 4.79 Å². The van der Waals surface area contributed by atoms with E-state index >= 15 is 0 Å². The molecule has 1 N–H and O–H groups in total. The number of fused-ring (bicyclic) bond motifs is 1. The highest BCUT2D eigenvalue weighted by molar-refractivity contribution is 5.92. The van der Waals surface area contributed by atoms with Crippen LogP contribution in [0.1, 0.15) is 11.3 Å². The van der Waals surface area contributed by atoms with Crippen LogP contribution in [0.25, 0.3) is 22.7 Å².